The van der Waals surface area contributed by atoms with Gasteiger partial charge in [-0.2, -0.15) is 0 Å². The van der Waals surface area contributed by atoms with Gasteiger partial charge in [0.2, 0.25) is 0 Å². The van der Waals surface area contributed by atoms with Crippen molar-refractivity contribution in [1.29, 1.82) is 0 Å². The molecule has 0 N–H and O–H groups in total. The highest BCUT2D eigenvalue weighted by Gasteiger charge is 2.57. The number of hydrazine groups is 1. The Morgan fingerprint density at radius 1 is 0.909 bits per heavy atom. The van der Waals surface area contributed by atoms with Crippen LogP contribution in [0.25, 0.3) is 0 Å². The Balaban J connectivity index is 2.53. The third-order valence-electron chi connectivity index (χ3n) is 7.31. The number of ether oxygens (including phenoxy) is 1. The van der Waals surface area contributed by atoms with Gasteiger partial charge in [0.1, 0.15) is 0 Å². The second-order valence-electron chi connectivity index (χ2n) is 10.5. The highest BCUT2D eigenvalue weighted by Crippen LogP contribution is 2.44. The lowest BCUT2D eigenvalue weighted by atomic mass is 9.71. The minimum Gasteiger partial charge on any atom is -0.448 e. The maximum Gasteiger partial charge on any atom is 0.494 e. The quantitative estimate of drug-likeness (QED) is 0.219. The molecule has 0 aromatic carbocycles. The number of unbranched alkanes of at least 4 members (excludes halogenated alkanes) is 4. The van der Waals surface area contributed by atoms with Gasteiger partial charge in [-0.05, 0) is 59.8 Å². The summed E-state index contributed by atoms with van der Waals surface area (Å²) in [6, 6.07) is 0.0942. The van der Waals surface area contributed by atoms with Crippen molar-refractivity contribution in [1.82, 2.24) is 10.0 Å². The third-order valence-corrected chi connectivity index (χ3v) is 7.31. The Morgan fingerprint density at radius 2 is 1.48 bits per heavy atom. The Kier molecular flexibility index (Phi) is 10.8. The first-order chi connectivity index (χ1) is 15.6. The monoisotopic (exact) mass is 464 g/mol. The molecule has 7 heteroatoms. The van der Waals surface area contributed by atoms with Crippen LogP contribution in [0.1, 0.15) is 120 Å². The van der Waals surface area contributed by atoms with Crippen molar-refractivity contribution >= 4 is 13.2 Å². The van der Waals surface area contributed by atoms with Crippen LogP contribution >= 0.6 is 0 Å². The Morgan fingerprint density at radius 3 is 2.03 bits per heavy atom. The Hall–Kier alpha value is -1.05. The van der Waals surface area contributed by atoms with Crippen LogP contribution in [0.4, 0.5) is 4.79 Å². The summed E-state index contributed by atoms with van der Waals surface area (Å²) in [5, 5.41) is 4.13. The topological polar surface area (TPSA) is 51.2 Å². The van der Waals surface area contributed by atoms with E-state index in [2.05, 4.69) is 60.4 Å². The molecule has 0 saturated carbocycles. The molecule has 1 saturated heterocycles. The van der Waals surface area contributed by atoms with Gasteiger partial charge in [-0.3, -0.25) is 0 Å². The van der Waals surface area contributed by atoms with Gasteiger partial charge in [-0.15, -0.1) is 0 Å². The molecule has 2 aliphatic rings. The van der Waals surface area contributed by atoms with Crippen LogP contribution in [0, 0.1) is 0 Å². The van der Waals surface area contributed by atoms with E-state index in [0.717, 1.165) is 81.9 Å². The van der Waals surface area contributed by atoms with E-state index >= 15 is 0 Å². The van der Waals surface area contributed by atoms with E-state index in [0.29, 0.717) is 6.61 Å². The first-order valence-corrected chi connectivity index (χ1v) is 13.5. The predicted octanol–water partition coefficient (Wildman–Crippen LogP) is 6.89. The van der Waals surface area contributed by atoms with Crippen molar-refractivity contribution in [3.05, 3.63) is 11.2 Å². The van der Waals surface area contributed by atoms with Gasteiger partial charge >= 0.3 is 13.2 Å². The lowest BCUT2D eigenvalue weighted by Gasteiger charge is -2.34. The fraction of sp³-hybridized carbons (Fsp3) is 0.885. The summed E-state index contributed by atoms with van der Waals surface area (Å²) in [6.07, 6.45) is 9.82. The van der Waals surface area contributed by atoms with E-state index in [1.165, 1.54) is 0 Å². The molecule has 0 aromatic rings. The zero-order chi connectivity index (χ0) is 24.6. The highest BCUT2D eigenvalue weighted by molar-refractivity contribution is 6.55. The number of carbonyl (C=O) groups is 1. The SMILES string of the molecule is CCCCOC(=O)N1C(CCCC)=C(B2OC(C)(C)C(C)(C)O2)C(CCCC)N1CCCC. The van der Waals surface area contributed by atoms with Crippen LogP contribution in [0.15, 0.2) is 11.2 Å². The van der Waals surface area contributed by atoms with E-state index in [1.807, 2.05) is 5.01 Å². The summed E-state index contributed by atoms with van der Waals surface area (Å²) >= 11 is 0. The maximum atomic E-state index is 13.4. The number of rotatable bonds is 13. The molecule has 0 bridgehead atoms. The lowest BCUT2D eigenvalue weighted by Crippen LogP contribution is -2.47. The zero-order valence-electron chi connectivity index (χ0n) is 22.7. The Bertz CT molecular complexity index is 649. The summed E-state index contributed by atoms with van der Waals surface area (Å²) in [5.74, 6) is 0. The van der Waals surface area contributed by atoms with Gasteiger partial charge in [0.15, 0.2) is 0 Å². The molecule has 1 fully saturated rings. The molecule has 6 nitrogen and oxygen atoms in total. The number of carbonyl (C=O) groups excluding carboxylic acids is 1. The smallest absolute Gasteiger partial charge is 0.448 e. The second kappa shape index (κ2) is 12.6. The van der Waals surface area contributed by atoms with Crippen LogP contribution in [0.3, 0.4) is 0 Å². The molecule has 1 amide bonds. The lowest BCUT2D eigenvalue weighted by molar-refractivity contribution is -0.00596. The predicted molar refractivity (Wildman–Crippen MR) is 136 cm³/mol. The molecule has 0 radical (unpaired) electrons. The summed E-state index contributed by atoms with van der Waals surface area (Å²) < 4.78 is 18.9. The first kappa shape index (κ1) is 28.2. The van der Waals surface area contributed by atoms with Gasteiger partial charge in [0, 0.05) is 17.7 Å². The zero-order valence-corrected chi connectivity index (χ0v) is 22.7. The summed E-state index contributed by atoms with van der Waals surface area (Å²) in [6.45, 7) is 18.4. The summed E-state index contributed by atoms with van der Waals surface area (Å²) in [5.41, 5.74) is 1.34. The van der Waals surface area contributed by atoms with Gasteiger partial charge in [-0.1, -0.05) is 59.8 Å². The van der Waals surface area contributed by atoms with Gasteiger partial charge < -0.3 is 14.0 Å². The number of hydrogen-bond donors (Lipinski definition) is 0. The van der Waals surface area contributed by atoms with Crippen molar-refractivity contribution in [2.45, 2.75) is 137 Å². The van der Waals surface area contributed by atoms with Gasteiger partial charge in [0.05, 0.1) is 23.9 Å². The summed E-state index contributed by atoms with van der Waals surface area (Å²) in [7, 11) is -0.443. The van der Waals surface area contributed by atoms with Crippen LogP contribution in [0.2, 0.25) is 0 Å². The van der Waals surface area contributed by atoms with E-state index in [4.69, 9.17) is 14.0 Å². The molecular weight excluding hydrogens is 415 g/mol. The van der Waals surface area contributed by atoms with Gasteiger partial charge in [0.25, 0.3) is 0 Å². The largest absolute Gasteiger partial charge is 0.494 e. The van der Waals surface area contributed by atoms with Crippen molar-refractivity contribution in [2.24, 2.45) is 0 Å². The summed E-state index contributed by atoms with van der Waals surface area (Å²) in [4.78, 5) is 13.4. The minimum absolute atomic E-state index is 0.0942. The minimum atomic E-state index is -0.443. The molecule has 0 aliphatic carbocycles. The van der Waals surface area contributed by atoms with E-state index < -0.39 is 18.3 Å². The molecule has 2 aliphatic heterocycles. The number of hydrogen-bond acceptors (Lipinski definition) is 5. The number of amides is 1. The fourth-order valence-corrected chi connectivity index (χ4v) is 4.49. The fourth-order valence-electron chi connectivity index (χ4n) is 4.49. The standard InChI is InChI=1S/C26H49BN2O4/c1-9-13-17-21-23(27-32-25(5,6)26(7,8)33-27)22(18-14-10-2)29(28(21)19-15-11-3)24(30)31-20-16-12-4/h21H,9-20H2,1-8H3. The molecule has 1 atom stereocenters. The molecule has 2 heterocycles. The van der Waals surface area contributed by atoms with E-state index in [-0.39, 0.29) is 12.1 Å². The van der Waals surface area contributed by atoms with E-state index in [1.54, 1.807) is 0 Å². The van der Waals surface area contributed by atoms with E-state index in [9.17, 15) is 4.79 Å². The highest BCUT2D eigenvalue weighted by atomic mass is 16.7. The average molecular weight is 465 g/mol. The van der Waals surface area contributed by atoms with Crippen molar-refractivity contribution in [2.75, 3.05) is 13.2 Å². The van der Waals surface area contributed by atoms with Gasteiger partial charge in [-0.25, -0.2) is 14.8 Å². The number of allylic oxidation sites excluding steroid dienone is 1. The average Bonchev–Trinajstić information content (AvgIpc) is 3.17. The second-order valence-corrected chi connectivity index (χ2v) is 10.5. The number of nitrogens with zero attached hydrogens (tertiary/aromatic N) is 2. The third kappa shape index (κ3) is 6.55. The van der Waals surface area contributed by atoms with Crippen LogP contribution in [-0.4, -0.2) is 53.6 Å². The first-order valence-electron chi connectivity index (χ1n) is 13.5. The van der Waals surface area contributed by atoms with Crippen molar-refractivity contribution in [3.63, 3.8) is 0 Å². The molecule has 1 unspecified atom stereocenters. The maximum absolute atomic E-state index is 13.4. The molecular formula is C26H49BN2O4. The molecule has 33 heavy (non-hydrogen) atoms. The normalized spacial score (nSPS) is 22.5. The molecule has 2 rings (SSSR count). The van der Waals surface area contributed by atoms with Crippen LogP contribution in [0.5, 0.6) is 0 Å². The molecule has 0 spiro atoms. The Labute approximate surface area is 203 Å². The molecule has 190 valence electrons. The van der Waals surface area contributed by atoms with Crippen LogP contribution in [-0.2, 0) is 14.0 Å². The van der Waals surface area contributed by atoms with Crippen molar-refractivity contribution in [3.8, 4) is 0 Å². The van der Waals surface area contributed by atoms with Crippen molar-refractivity contribution < 1.29 is 18.8 Å². The molecule has 0 aromatic heterocycles. The van der Waals surface area contributed by atoms with Crippen LogP contribution < -0.4 is 0 Å².